The van der Waals surface area contributed by atoms with Gasteiger partial charge >= 0.3 is 0 Å². The van der Waals surface area contributed by atoms with Gasteiger partial charge < -0.3 is 20.1 Å². The van der Waals surface area contributed by atoms with Crippen LogP contribution in [0.3, 0.4) is 0 Å². The number of hydrogen-bond donors (Lipinski definition) is 2. The highest BCUT2D eigenvalue weighted by atomic mass is 16.5. The molecule has 0 spiro atoms. The fourth-order valence-corrected chi connectivity index (χ4v) is 2.87. The Morgan fingerprint density at radius 1 is 0.966 bits per heavy atom. The summed E-state index contributed by atoms with van der Waals surface area (Å²) in [7, 11) is 3.15. The van der Waals surface area contributed by atoms with Gasteiger partial charge in [0.1, 0.15) is 11.5 Å². The van der Waals surface area contributed by atoms with Gasteiger partial charge in [0.05, 0.1) is 26.6 Å². The monoisotopic (exact) mass is 392 g/mol. The summed E-state index contributed by atoms with van der Waals surface area (Å²) in [5.74, 6) is 1.53. The maximum atomic E-state index is 12.4. The Bertz CT molecular complexity index is 1000. The van der Waals surface area contributed by atoms with Gasteiger partial charge in [0, 0.05) is 12.2 Å². The van der Waals surface area contributed by atoms with Crippen molar-refractivity contribution in [1.82, 2.24) is 15.3 Å². The van der Waals surface area contributed by atoms with E-state index in [1.807, 2.05) is 38.1 Å². The highest BCUT2D eigenvalue weighted by Crippen LogP contribution is 2.27. The SMILES string of the molecule is COc1ccc(CNC(=O)c2cnc(Nc3ccc(C)cc3C)cn2)cc1OC. The Balaban J connectivity index is 1.61. The van der Waals surface area contributed by atoms with Crippen LogP contribution in [-0.4, -0.2) is 30.1 Å². The number of aromatic nitrogens is 2. The predicted octanol–water partition coefficient (Wildman–Crippen LogP) is 3.78. The number of rotatable bonds is 7. The number of anilines is 2. The van der Waals surface area contributed by atoms with Gasteiger partial charge in [-0.15, -0.1) is 0 Å². The summed E-state index contributed by atoms with van der Waals surface area (Å²) in [5, 5.41) is 6.05. The molecule has 0 aliphatic heterocycles. The van der Waals surface area contributed by atoms with Crippen molar-refractivity contribution in [2.45, 2.75) is 20.4 Å². The molecule has 150 valence electrons. The third kappa shape index (κ3) is 5.01. The van der Waals surface area contributed by atoms with Crippen molar-refractivity contribution < 1.29 is 14.3 Å². The first-order valence-corrected chi connectivity index (χ1v) is 9.15. The predicted molar refractivity (Wildman–Crippen MR) is 112 cm³/mol. The van der Waals surface area contributed by atoms with E-state index in [0.717, 1.165) is 16.8 Å². The molecule has 0 aliphatic carbocycles. The van der Waals surface area contributed by atoms with Crippen molar-refractivity contribution in [3.63, 3.8) is 0 Å². The van der Waals surface area contributed by atoms with Crippen LogP contribution in [0.25, 0.3) is 0 Å². The Kier molecular flexibility index (Phi) is 6.29. The summed E-state index contributed by atoms with van der Waals surface area (Å²) in [6.45, 7) is 4.41. The number of nitrogens with one attached hydrogen (secondary N) is 2. The molecular weight excluding hydrogens is 368 g/mol. The zero-order chi connectivity index (χ0) is 20.8. The minimum Gasteiger partial charge on any atom is -0.493 e. The van der Waals surface area contributed by atoms with E-state index in [-0.39, 0.29) is 11.6 Å². The summed E-state index contributed by atoms with van der Waals surface area (Å²) in [6, 6.07) is 11.6. The summed E-state index contributed by atoms with van der Waals surface area (Å²) >= 11 is 0. The van der Waals surface area contributed by atoms with Crippen LogP contribution < -0.4 is 20.1 Å². The third-order valence-electron chi connectivity index (χ3n) is 4.43. The Morgan fingerprint density at radius 2 is 1.76 bits per heavy atom. The van der Waals surface area contributed by atoms with E-state index in [0.29, 0.717) is 23.9 Å². The molecule has 0 atom stereocenters. The van der Waals surface area contributed by atoms with E-state index >= 15 is 0 Å². The van der Waals surface area contributed by atoms with Crippen molar-refractivity contribution in [3.05, 3.63) is 71.2 Å². The molecule has 1 amide bonds. The molecule has 3 aromatic rings. The number of methoxy groups -OCH3 is 2. The number of carbonyl (C=O) groups excluding carboxylic acids is 1. The van der Waals surface area contributed by atoms with Crippen LogP contribution in [0.4, 0.5) is 11.5 Å². The topological polar surface area (TPSA) is 85.4 Å². The van der Waals surface area contributed by atoms with E-state index < -0.39 is 0 Å². The third-order valence-corrected chi connectivity index (χ3v) is 4.43. The van der Waals surface area contributed by atoms with Gasteiger partial charge in [-0.25, -0.2) is 9.97 Å². The lowest BCUT2D eigenvalue weighted by Crippen LogP contribution is -2.24. The van der Waals surface area contributed by atoms with Crippen LogP contribution in [0.2, 0.25) is 0 Å². The van der Waals surface area contributed by atoms with Gasteiger partial charge in [-0.3, -0.25) is 4.79 Å². The number of nitrogens with zero attached hydrogens (tertiary/aromatic N) is 2. The van der Waals surface area contributed by atoms with Crippen LogP contribution in [0.5, 0.6) is 11.5 Å². The molecule has 0 aliphatic rings. The zero-order valence-corrected chi connectivity index (χ0v) is 16.9. The number of carbonyl (C=O) groups is 1. The largest absolute Gasteiger partial charge is 0.493 e. The van der Waals surface area contributed by atoms with Crippen molar-refractivity contribution in [2.24, 2.45) is 0 Å². The van der Waals surface area contributed by atoms with Crippen LogP contribution >= 0.6 is 0 Å². The lowest BCUT2D eigenvalue weighted by Gasteiger charge is -2.11. The number of amides is 1. The molecule has 0 saturated carbocycles. The molecule has 1 aromatic heterocycles. The fraction of sp³-hybridized carbons (Fsp3) is 0.227. The first-order chi connectivity index (χ1) is 14.0. The molecule has 7 heteroatoms. The second-order valence-corrected chi connectivity index (χ2v) is 6.60. The smallest absolute Gasteiger partial charge is 0.271 e. The molecule has 7 nitrogen and oxygen atoms in total. The number of ether oxygens (including phenoxy) is 2. The number of aryl methyl sites for hydroxylation is 2. The number of hydrogen-bond acceptors (Lipinski definition) is 6. The maximum absolute atomic E-state index is 12.4. The first kappa shape index (κ1) is 20.1. The first-order valence-electron chi connectivity index (χ1n) is 9.15. The molecule has 2 aromatic carbocycles. The van der Waals surface area contributed by atoms with Gasteiger partial charge in [0.25, 0.3) is 5.91 Å². The van der Waals surface area contributed by atoms with Crippen LogP contribution in [0, 0.1) is 13.8 Å². The molecule has 2 N–H and O–H groups in total. The van der Waals surface area contributed by atoms with E-state index in [1.165, 1.54) is 11.8 Å². The van der Waals surface area contributed by atoms with Crippen molar-refractivity contribution in [2.75, 3.05) is 19.5 Å². The molecule has 0 fully saturated rings. The molecule has 0 unspecified atom stereocenters. The van der Waals surface area contributed by atoms with Crippen molar-refractivity contribution in [3.8, 4) is 11.5 Å². The molecule has 1 heterocycles. The van der Waals surface area contributed by atoms with Gasteiger partial charge in [-0.2, -0.15) is 0 Å². The minimum absolute atomic E-state index is 0.247. The van der Waals surface area contributed by atoms with Gasteiger partial charge in [0.15, 0.2) is 11.5 Å². The number of benzene rings is 2. The van der Waals surface area contributed by atoms with Crippen molar-refractivity contribution in [1.29, 1.82) is 0 Å². The van der Waals surface area contributed by atoms with Crippen LogP contribution in [0.15, 0.2) is 48.8 Å². The molecular formula is C22H24N4O3. The summed E-state index contributed by atoms with van der Waals surface area (Å²) in [5.41, 5.74) is 4.40. The average Bonchev–Trinajstić information content (AvgIpc) is 2.74. The zero-order valence-electron chi connectivity index (χ0n) is 16.9. The Labute approximate surface area is 170 Å². The molecule has 0 saturated heterocycles. The molecule has 29 heavy (non-hydrogen) atoms. The van der Waals surface area contributed by atoms with Gasteiger partial charge in [-0.1, -0.05) is 23.8 Å². The summed E-state index contributed by atoms with van der Waals surface area (Å²) in [4.78, 5) is 20.9. The van der Waals surface area contributed by atoms with Crippen molar-refractivity contribution >= 4 is 17.4 Å². The Hall–Kier alpha value is -3.61. The maximum Gasteiger partial charge on any atom is 0.271 e. The van der Waals surface area contributed by atoms with E-state index in [4.69, 9.17) is 9.47 Å². The van der Waals surface area contributed by atoms with E-state index in [2.05, 4.69) is 26.7 Å². The van der Waals surface area contributed by atoms with Crippen LogP contribution in [-0.2, 0) is 6.54 Å². The molecule has 3 rings (SSSR count). The standard InChI is InChI=1S/C22H24N4O3/c1-14-5-7-17(15(2)9-14)26-21-13-23-18(12-24-21)22(27)25-11-16-6-8-19(28-3)20(10-16)29-4/h5-10,12-13H,11H2,1-4H3,(H,24,26)(H,25,27). The second-order valence-electron chi connectivity index (χ2n) is 6.60. The minimum atomic E-state index is -0.301. The average molecular weight is 392 g/mol. The normalized spacial score (nSPS) is 10.3. The highest BCUT2D eigenvalue weighted by molar-refractivity contribution is 5.92. The molecule has 0 radical (unpaired) electrons. The van der Waals surface area contributed by atoms with E-state index in [1.54, 1.807) is 26.5 Å². The van der Waals surface area contributed by atoms with Crippen LogP contribution in [0.1, 0.15) is 27.2 Å². The lowest BCUT2D eigenvalue weighted by atomic mass is 10.1. The fourth-order valence-electron chi connectivity index (χ4n) is 2.87. The second kappa shape index (κ2) is 9.05. The van der Waals surface area contributed by atoms with Gasteiger partial charge in [-0.05, 0) is 43.2 Å². The van der Waals surface area contributed by atoms with Gasteiger partial charge in [0.2, 0.25) is 0 Å². The Morgan fingerprint density at radius 3 is 2.41 bits per heavy atom. The highest BCUT2D eigenvalue weighted by Gasteiger charge is 2.10. The van der Waals surface area contributed by atoms with E-state index in [9.17, 15) is 4.79 Å². The molecule has 0 bridgehead atoms. The summed E-state index contributed by atoms with van der Waals surface area (Å²) in [6.07, 6.45) is 3.00. The lowest BCUT2D eigenvalue weighted by molar-refractivity contribution is 0.0945. The quantitative estimate of drug-likeness (QED) is 0.636. The summed E-state index contributed by atoms with van der Waals surface area (Å²) < 4.78 is 10.5.